The van der Waals surface area contributed by atoms with Crippen LogP contribution in [0.15, 0.2) is 4.34 Å². The fourth-order valence-corrected chi connectivity index (χ4v) is 5.02. The van der Waals surface area contributed by atoms with Crippen molar-refractivity contribution in [1.82, 2.24) is 15.1 Å². The fraction of sp³-hybridized carbons (Fsp3) is 0.786. The number of hydrogen-bond donors (Lipinski definition) is 1. The Kier molecular flexibility index (Phi) is 5.00. The van der Waals surface area contributed by atoms with Crippen LogP contribution in [-0.4, -0.2) is 46.9 Å². The third-order valence-corrected chi connectivity index (χ3v) is 6.64. The quantitative estimate of drug-likeness (QED) is 0.862. The molecule has 1 amide bonds. The molecule has 3 rings (SSSR count). The summed E-state index contributed by atoms with van der Waals surface area (Å²) in [4.78, 5) is 14.4. The third-order valence-electron chi connectivity index (χ3n) is 4.58. The lowest BCUT2D eigenvalue weighted by atomic mass is 9.75. The maximum Gasteiger partial charge on any atom is 0.233 e. The second-order valence-corrected chi connectivity index (χ2v) is 8.04. The highest BCUT2D eigenvalue weighted by Crippen LogP contribution is 2.36. The van der Waals surface area contributed by atoms with Gasteiger partial charge in [-0.15, -0.1) is 10.2 Å². The summed E-state index contributed by atoms with van der Waals surface area (Å²) in [6, 6.07) is 0. The van der Waals surface area contributed by atoms with Crippen LogP contribution in [0.25, 0.3) is 0 Å². The Bertz CT molecular complexity index is 493. The highest BCUT2D eigenvalue weighted by atomic mass is 32.2. The molecule has 0 bridgehead atoms. The number of thioether (sulfide) groups is 1. The van der Waals surface area contributed by atoms with E-state index in [9.17, 15) is 4.79 Å². The SMILES string of the molecule is CNc1nnc(SCC(=O)N2CC[C@@H]3CCCC[C@@H]3C2)s1. The van der Waals surface area contributed by atoms with Crippen molar-refractivity contribution in [2.45, 2.75) is 36.4 Å². The Morgan fingerprint density at radius 3 is 2.90 bits per heavy atom. The molecule has 116 valence electrons. The molecule has 2 atom stereocenters. The zero-order valence-electron chi connectivity index (χ0n) is 12.4. The van der Waals surface area contributed by atoms with Gasteiger partial charge in [0.05, 0.1) is 5.75 Å². The van der Waals surface area contributed by atoms with E-state index in [1.807, 2.05) is 7.05 Å². The lowest BCUT2D eigenvalue weighted by Gasteiger charge is -2.41. The predicted molar refractivity (Wildman–Crippen MR) is 86.8 cm³/mol. The molecule has 1 aromatic rings. The average Bonchev–Trinajstić information content (AvgIpc) is 3.00. The summed E-state index contributed by atoms with van der Waals surface area (Å²) < 4.78 is 0.861. The van der Waals surface area contributed by atoms with Crippen LogP contribution in [0.5, 0.6) is 0 Å². The Labute approximate surface area is 133 Å². The summed E-state index contributed by atoms with van der Waals surface area (Å²) >= 11 is 3.00. The lowest BCUT2D eigenvalue weighted by Crippen LogP contribution is -2.45. The van der Waals surface area contributed by atoms with Crippen molar-refractivity contribution in [3.63, 3.8) is 0 Å². The van der Waals surface area contributed by atoms with Gasteiger partial charge < -0.3 is 10.2 Å². The molecule has 0 unspecified atom stereocenters. The molecular formula is C14H22N4OS2. The molecule has 0 spiro atoms. The van der Waals surface area contributed by atoms with Gasteiger partial charge in [-0.05, 0) is 24.7 Å². The summed E-state index contributed by atoms with van der Waals surface area (Å²) in [5.41, 5.74) is 0. The molecule has 1 saturated heterocycles. The number of carbonyl (C=O) groups excluding carboxylic acids is 1. The molecule has 5 nitrogen and oxygen atoms in total. The number of hydrogen-bond acceptors (Lipinski definition) is 6. The van der Waals surface area contributed by atoms with Crippen LogP contribution in [0.4, 0.5) is 5.13 Å². The second-order valence-electron chi connectivity index (χ2n) is 5.84. The van der Waals surface area contributed by atoms with Gasteiger partial charge >= 0.3 is 0 Å². The van der Waals surface area contributed by atoms with Gasteiger partial charge in [0.25, 0.3) is 0 Å². The Morgan fingerprint density at radius 2 is 2.14 bits per heavy atom. The molecule has 2 aliphatic rings. The predicted octanol–water partition coefficient (Wildman–Crippen LogP) is 2.71. The summed E-state index contributed by atoms with van der Waals surface area (Å²) in [5.74, 6) is 2.36. The maximum absolute atomic E-state index is 12.4. The second kappa shape index (κ2) is 6.96. The molecule has 7 heteroatoms. The monoisotopic (exact) mass is 326 g/mol. The summed E-state index contributed by atoms with van der Waals surface area (Å²) in [6.45, 7) is 1.92. The van der Waals surface area contributed by atoms with E-state index < -0.39 is 0 Å². The van der Waals surface area contributed by atoms with Crippen molar-refractivity contribution in [3.05, 3.63) is 0 Å². The molecule has 21 heavy (non-hydrogen) atoms. The lowest BCUT2D eigenvalue weighted by molar-refractivity contribution is -0.131. The van der Waals surface area contributed by atoms with Gasteiger partial charge in [0.2, 0.25) is 11.0 Å². The standard InChI is InChI=1S/C14H22N4OS2/c1-15-13-16-17-14(21-13)20-9-12(19)18-7-6-10-4-2-3-5-11(10)8-18/h10-11H,2-9H2,1H3,(H,15,16)/t10-,11+/m0/s1. The van der Waals surface area contributed by atoms with Crippen LogP contribution in [0.3, 0.4) is 0 Å². The first kappa shape index (κ1) is 15.1. The zero-order valence-corrected chi connectivity index (χ0v) is 14.0. The van der Waals surface area contributed by atoms with Crippen molar-refractivity contribution >= 4 is 34.1 Å². The van der Waals surface area contributed by atoms with Crippen LogP contribution in [-0.2, 0) is 4.79 Å². The van der Waals surface area contributed by atoms with Gasteiger partial charge in [0, 0.05) is 20.1 Å². The number of fused-ring (bicyclic) bond motifs is 1. The first-order chi connectivity index (χ1) is 10.3. The van der Waals surface area contributed by atoms with Crippen molar-refractivity contribution in [2.24, 2.45) is 11.8 Å². The molecule has 2 fully saturated rings. The number of nitrogens with zero attached hydrogens (tertiary/aromatic N) is 3. The van der Waals surface area contributed by atoms with Crippen molar-refractivity contribution in [2.75, 3.05) is 31.2 Å². The zero-order chi connectivity index (χ0) is 14.7. The van der Waals surface area contributed by atoms with Gasteiger partial charge in [0.1, 0.15) is 0 Å². The number of nitrogens with one attached hydrogen (secondary N) is 1. The smallest absolute Gasteiger partial charge is 0.233 e. The minimum Gasteiger partial charge on any atom is -0.363 e. The van der Waals surface area contributed by atoms with Crippen LogP contribution < -0.4 is 5.32 Å². The Morgan fingerprint density at radius 1 is 1.33 bits per heavy atom. The normalized spacial score (nSPS) is 25.5. The molecule has 1 saturated carbocycles. The van der Waals surface area contributed by atoms with Gasteiger partial charge in [0.15, 0.2) is 4.34 Å². The van der Waals surface area contributed by atoms with Gasteiger partial charge in [-0.25, -0.2) is 0 Å². The Hall–Kier alpha value is -0.820. The molecule has 2 heterocycles. The molecule has 1 N–H and O–H groups in total. The topological polar surface area (TPSA) is 58.1 Å². The number of rotatable bonds is 4. The highest BCUT2D eigenvalue weighted by Gasteiger charge is 2.32. The van der Waals surface area contributed by atoms with E-state index in [0.717, 1.165) is 34.4 Å². The van der Waals surface area contributed by atoms with E-state index in [2.05, 4.69) is 20.4 Å². The van der Waals surface area contributed by atoms with Crippen LogP contribution in [0.1, 0.15) is 32.1 Å². The van der Waals surface area contributed by atoms with Gasteiger partial charge in [-0.3, -0.25) is 4.79 Å². The molecule has 1 aromatic heterocycles. The number of carbonyl (C=O) groups is 1. The summed E-state index contributed by atoms with van der Waals surface area (Å²) in [5, 5.41) is 11.8. The molecule has 0 aromatic carbocycles. The van der Waals surface area contributed by atoms with Crippen LogP contribution in [0, 0.1) is 11.8 Å². The van der Waals surface area contributed by atoms with E-state index in [1.54, 1.807) is 0 Å². The summed E-state index contributed by atoms with van der Waals surface area (Å²) in [6.07, 6.45) is 6.61. The van der Waals surface area contributed by atoms with E-state index in [0.29, 0.717) is 5.75 Å². The minimum atomic E-state index is 0.255. The number of anilines is 1. The van der Waals surface area contributed by atoms with Gasteiger partial charge in [-0.2, -0.15) is 0 Å². The van der Waals surface area contributed by atoms with Gasteiger partial charge in [-0.1, -0.05) is 42.4 Å². The van der Waals surface area contributed by atoms with Crippen molar-refractivity contribution in [1.29, 1.82) is 0 Å². The van der Waals surface area contributed by atoms with E-state index in [-0.39, 0.29) is 5.91 Å². The van der Waals surface area contributed by atoms with Crippen molar-refractivity contribution < 1.29 is 4.79 Å². The third kappa shape index (κ3) is 3.69. The minimum absolute atomic E-state index is 0.255. The number of aromatic nitrogens is 2. The first-order valence-corrected chi connectivity index (χ1v) is 9.48. The molecular weight excluding hydrogens is 304 g/mol. The van der Waals surface area contributed by atoms with E-state index in [1.165, 1.54) is 55.2 Å². The van der Waals surface area contributed by atoms with Crippen LogP contribution in [0.2, 0.25) is 0 Å². The fourth-order valence-electron chi connectivity index (χ4n) is 3.41. The number of piperidine rings is 1. The molecule has 0 radical (unpaired) electrons. The molecule has 1 aliphatic heterocycles. The van der Waals surface area contributed by atoms with Crippen LogP contribution >= 0.6 is 23.1 Å². The largest absolute Gasteiger partial charge is 0.363 e. The van der Waals surface area contributed by atoms with Crippen molar-refractivity contribution in [3.8, 4) is 0 Å². The maximum atomic E-state index is 12.4. The molecule has 1 aliphatic carbocycles. The summed E-state index contributed by atoms with van der Waals surface area (Å²) in [7, 11) is 1.83. The van der Waals surface area contributed by atoms with E-state index >= 15 is 0 Å². The number of amides is 1. The number of likely N-dealkylation sites (tertiary alicyclic amines) is 1. The van der Waals surface area contributed by atoms with E-state index in [4.69, 9.17) is 0 Å². The average molecular weight is 326 g/mol. The highest BCUT2D eigenvalue weighted by molar-refractivity contribution is 8.01. The Balaban J connectivity index is 1.49. The first-order valence-electron chi connectivity index (χ1n) is 7.68.